The van der Waals surface area contributed by atoms with Gasteiger partial charge < -0.3 is 4.74 Å². The molecule has 3 aromatic rings. The van der Waals surface area contributed by atoms with Gasteiger partial charge in [0.1, 0.15) is 5.54 Å². The maximum absolute atomic E-state index is 12.9. The van der Waals surface area contributed by atoms with Crippen molar-refractivity contribution in [3.05, 3.63) is 102 Å². The summed E-state index contributed by atoms with van der Waals surface area (Å²) < 4.78 is 5.23. The van der Waals surface area contributed by atoms with Crippen molar-refractivity contribution in [1.29, 1.82) is 0 Å². The third-order valence-electron chi connectivity index (χ3n) is 6.31. The Bertz CT molecular complexity index is 934. The third-order valence-corrected chi connectivity index (χ3v) is 6.31. The van der Waals surface area contributed by atoms with Crippen molar-refractivity contribution >= 4 is 5.97 Å². The molecule has 1 aliphatic rings. The van der Waals surface area contributed by atoms with Crippen LogP contribution >= 0.6 is 0 Å². The molecule has 4 rings (SSSR count). The molecule has 1 aromatic heterocycles. The van der Waals surface area contributed by atoms with E-state index in [1.807, 2.05) is 61.7 Å². The normalized spacial score (nSPS) is 18.1. The van der Waals surface area contributed by atoms with Crippen molar-refractivity contribution in [3.8, 4) is 0 Å². The standard InChI is InChI=1S/C26H29N3O2/c1-26(25(30)31-2,22-13-7-4-8-14-22)29-19-17-28(18-20-29)24(21-11-5-3-6-12-21)23-15-9-10-16-27-23/h3-16,24H,17-20H2,1-2H3. The molecule has 160 valence electrons. The summed E-state index contributed by atoms with van der Waals surface area (Å²) in [6.45, 7) is 5.15. The quantitative estimate of drug-likeness (QED) is 0.572. The molecular formula is C26H29N3O2. The van der Waals surface area contributed by atoms with Gasteiger partial charge in [0.2, 0.25) is 0 Å². The molecule has 0 amide bonds. The van der Waals surface area contributed by atoms with Gasteiger partial charge in [0, 0.05) is 32.4 Å². The molecule has 0 spiro atoms. The Morgan fingerprint density at radius 2 is 1.52 bits per heavy atom. The summed E-state index contributed by atoms with van der Waals surface area (Å²) in [4.78, 5) is 22.3. The highest BCUT2D eigenvalue weighted by molar-refractivity contribution is 5.82. The highest BCUT2D eigenvalue weighted by atomic mass is 16.5. The molecule has 31 heavy (non-hydrogen) atoms. The van der Waals surface area contributed by atoms with Crippen LogP contribution in [-0.4, -0.2) is 54.0 Å². The minimum absolute atomic E-state index is 0.0886. The number of ether oxygens (including phenoxy) is 1. The fourth-order valence-corrected chi connectivity index (χ4v) is 4.56. The molecule has 0 N–H and O–H groups in total. The van der Waals surface area contributed by atoms with E-state index in [1.165, 1.54) is 12.7 Å². The smallest absolute Gasteiger partial charge is 0.330 e. The van der Waals surface area contributed by atoms with Gasteiger partial charge in [-0.2, -0.15) is 0 Å². The fraction of sp³-hybridized carbons (Fsp3) is 0.308. The second-order valence-corrected chi connectivity index (χ2v) is 8.02. The van der Waals surface area contributed by atoms with Gasteiger partial charge in [-0.25, -0.2) is 4.79 Å². The largest absolute Gasteiger partial charge is 0.467 e. The maximum atomic E-state index is 12.9. The van der Waals surface area contributed by atoms with Crippen molar-refractivity contribution in [2.75, 3.05) is 33.3 Å². The Morgan fingerprint density at radius 1 is 0.903 bits per heavy atom. The summed E-state index contributed by atoms with van der Waals surface area (Å²) >= 11 is 0. The number of methoxy groups -OCH3 is 1. The number of benzene rings is 2. The Morgan fingerprint density at radius 3 is 2.10 bits per heavy atom. The van der Waals surface area contributed by atoms with Gasteiger partial charge in [0.05, 0.1) is 18.8 Å². The number of hydrogen-bond donors (Lipinski definition) is 0. The number of hydrogen-bond acceptors (Lipinski definition) is 5. The predicted octanol–water partition coefficient (Wildman–Crippen LogP) is 3.88. The molecule has 5 heteroatoms. The van der Waals surface area contributed by atoms with E-state index < -0.39 is 5.54 Å². The Kier molecular flexibility index (Phi) is 6.44. The average Bonchev–Trinajstić information content (AvgIpc) is 2.85. The molecule has 0 radical (unpaired) electrons. The van der Waals surface area contributed by atoms with E-state index in [0.717, 1.165) is 37.4 Å². The van der Waals surface area contributed by atoms with Gasteiger partial charge in [-0.1, -0.05) is 66.7 Å². The zero-order chi connectivity index (χ0) is 21.7. The first kappa shape index (κ1) is 21.2. The van der Waals surface area contributed by atoms with Gasteiger partial charge in [0.15, 0.2) is 0 Å². The van der Waals surface area contributed by atoms with Crippen LogP contribution in [0.5, 0.6) is 0 Å². The zero-order valence-corrected chi connectivity index (χ0v) is 18.1. The molecule has 1 aliphatic heterocycles. The molecule has 0 aliphatic carbocycles. The first-order valence-corrected chi connectivity index (χ1v) is 10.7. The minimum atomic E-state index is -0.810. The van der Waals surface area contributed by atoms with Crippen molar-refractivity contribution in [2.24, 2.45) is 0 Å². The zero-order valence-electron chi connectivity index (χ0n) is 18.1. The summed E-state index contributed by atoms with van der Waals surface area (Å²) in [7, 11) is 1.46. The fourth-order valence-electron chi connectivity index (χ4n) is 4.56. The van der Waals surface area contributed by atoms with Crippen LogP contribution < -0.4 is 0 Å². The van der Waals surface area contributed by atoms with E-state index in [0.29, 0.717) is 0 Å². The van der Waals surface area contributed by atoms with Gasteiger partial charge in [-0.05, 0) is 30.2 Å². The molecule has 2 unspecified atom stereocenters. The summed E-state index contributed by atoms with van der Waals surface area (Å²) in [6, 6.07) is 26.6. The van der Waals surface area contributed by atoms with E-state index in [-0.39, 0.29) is 12.0 Å². The summed E-state index contributed by atoms with van der Waals surface area (Å²) in [5, 5.41) is 0. The summed E-state index contributed by atoms with van der Waals surface area (Å²) in [6.07, 6.45) is 1.85. The number of aromatic nitrogens is 1. The maximum Gasteiger partial charge on any atom is 0.330 e. The number of carbonyl (C=O) groups excluding carboxylic acids is 1. The SMILES string of the molecule is COC(=O)C(C)(c1ccccc1)N1CCN(C(c2ccccc2)c2ccccn2)CC1. The molecular weight excluding hydrogens is 386 g/mol. The second kappa shape index (κ2) is 9.41. The van der Waals surface area contributed by atoms with Crippen molar-refractivity contribution < 1.29 is 9.53 Å². The lowest BCUT2D eigenvalue weighted by atomic mass is 9.89. The highest BCUT2D eigenvalue weighted by Gasteiger charge is 2.44. The van der Waals surface area contributed by atoms with Crippen LogP contribution in [0.3, 0.4) is 0 Å². The highest BCUT2D eigenvalue weighted by Crippen LogP contribution is 2.34. The molecule has 0 saturated carbocycles. The lowest BCUT2D eigenvalue weighted by molar-refractivity contribution is -0.156. The predicted molar refractivity (Wildman–Crippen MR) is 121 cm³/mol. The number of esters is 1. The van der Waals surface area contributed by atoms with E-state index in [9.17, 15) is 4.79 Å². The molecule has 5 nitrogen and oxygen atoms in total. The van der Waals surface area contributed by atoms with E-state index >= 15 is 0 Å². The molecule has 2 atom stereocenters. The van der Waals surface area contributed by atoms with Crippen molar-refractivity contribution in [2.45, 2.75) is 18.5 Å². The van der Waals surface area contributed by atoms with E-state index in [1.54, 1.807) is 0 Å². The Hall–Kier alpha value is -3.02. The van der Waals surface area contributed by atoms with E-state index in [2.05, 4.69) is 45.1 Å². The molecule has 1 saturated heterocycles. The molecule has 1 fully saturated rings. The summed E-state index contributed by atoms with van der Waals surface area (Å²) in [5.74, 6) is -0.225. The number of rotatable bonds is 6. The average molecular weight is 416 g/mol. The van der Waals surface area contributed by atoms with E-state index in [4.69, 9.17) is 4.74 Å². The van der Waals surface area contributed by atoms with Gasteiger partial charge >= 0.3 is 5.97 Å². The van der Waals surface area contributed by atoms with Crippen LogP contribution in [0.15, 0.2) is 85.1 Å². The van der Waals surface area contributed by atoms with Crippen molar-refractivity contribution in [3.63, 3.8) is 0 Å². The van der Waals surface area contributed by atoms with Gasteiger partial charge in [-0.15, -0.1) is 0 Å². The minimum Gasteiger partial charge on any atom is -0.467 e. The van der Waals surface area contributed by atoms with Crippen molar-refractivity contribution in [1.82, 2.24) is 14.8 Å². The van der Waals surface area contributed by atoms with Crippen LogP contribution in [0.25, 0.3) is 0 Å². The first-order chi connectivity index (χ1) is 15.1. The van der Waals surface area contributed by atoms with Gasteiger partial charge in [0.25, 0.3) is 0 Å². The topological polar surface area (TPSA) is 45.7 Å². The van der Waals surface area contributed by atoms with Crippen LogP contribution in [0.4, 0.5) is 0 Å². The summed E-state index contributed by atoms with van der Waals surface area (Å²) in [5.41, 5.74) is 2.42. The van der Waals surface area contributed by atoms with Gasteiger partial charge in [-0.3, -0.25) is 14.8 Å². The number of carbonyl (C=O) groups is 1. The molecule has 2 aromatic carbocycles. The number of piperazine rings is 1. The lowest BCUT2D eigenvalue weighted by Gasteiger charge is -2.46. The van der Waals surface area contributed by atoms with Crippen LogP contribution in [-0.2, 0) is 15.1 Å². The van der Waals surface area contributed by atoms with Crippen LogP contribution in [0.1, 0.15) is 29.8 Å². The first-order valence-electron chi connectivity index (χ1n) is 10.7. The lowest BCUT2D eigenvalue weighted by Crippen LogP contribution is -2.58. The number of nitrogens with zero attached hydrogens (tertiary/aromatic N) is 3. The Balaban J connectivity index is 1.59. The van der Waals surface area contributed by atoms with Crippen LogP contribution in [0, 0.1) is 0 Å². The molecule has 2 heterocycles. The second-order valence-electron chi connectivity index (χ2n) is 8.02. The Labute approximate surface area is 184 Å². The monoisotopic (exact) mass is 415 g/mol. The number of pyridine rings is 1. The van der Waals surface area contributed by atoms with Crippen LogP contribution in [0.2, 0.25) is 0 Å². The third kappa shape index (κ3) is 4.24. The molecule has 0 bridgehead atoms.